The number of anilines is 1. The summed E-state index contributed by atoms with van der Waals surface area (Å²) in [5, 5.41) is 2.35. The van der Waals surface area contributed by atoms with E-state index in [1.54, 1.807) is 6.92 Å². The highest BCUT2D eigenvalue weighted by atomic mass is 32.2. The van der Waals surface area contributed by atoms with Crippen LogP contribution in [0.3, 0.4) is 0 Å². The first-order valence-electron chi connectivity index (χ1n) is 5.04. The molecule has 0 aliphatic rings. The maximum atomic E-state index is 11.6. The van der Waals surface area contributed by atoms with Crippen molar-refractivity contribution in [1.82, 2.24) is 0 Å². The van der Waals surface area contributed by atoms with Crippen LogP contribution in [0.4, 0.5) is 5.69 Å². The van der Waals surface area contributed by atoms with Crippen molar-refractivity contribution in [2.75, 3.05) is 5.32 Å². The van der Waals surface area contributed by atoms with Crippen LogP contribution in [0.2, 0.25) is 0 Å². The Labute approximate surface area is 99.6 Å². The number of amides is 1. The number of hydrogen-bond acceptors (Lipinski definition) is 3. The quantitative estimate of drug-likeness (QED) is 0.879. The van der Waals surface area contributed by atoms with Gasteiger partial charge in [0.25, 0.3) is 0 Å². The number of carbonyl (C=O) groups excluding carboxylic acids is 2. The standard InChI is InChI=1S/C12H15NO2S/c1-8-4-6-11(7-5-8)13-12(15)9(2)16-10(3)14/h4-7,9H,1-3H3,(H,13,15). The van der Waals surface area contributed by atoms with Crippen LogP contribution in [0.5, 0.6) is 0 Å². The van der Waals surface area contributed by atoms with Crippen LogP contribution in [0.25, 0.3) is 0 Å². The maximum absolute atomic E-state index is 11.6. The first kappa shape index (κ1) is 12.8. The Morgan fingerprint density at radius 3 is 2.31 bits per heavy atom. The Bertz CT molecular complexity index is 387. The monoisotopic (exact) mass is 237 g/mol. The summed E-state index contributed by atoms with van der Waals surface area (Å²) in [5.74, 6) is -0.149. The van der Waals surface area contributed by atoms with Crippen LogP contribution >= 0.6 is 11.8 Å². The Kier molecular flexibility index (Phi) is 4.55. The molecule has 3 nitrogen and oxygen atoms in total. The molecule has 0 aliphatic carbocycles. The molecule has 1 N–H and O–H groups in total. The van der Waals surface area contributed by atoms with Crippen LogP contribution in [-0.2, 0) is 9.59 Å². The van der Waals surface area contributed by atoms with E-state index in [1.165, 1.54) is 6.92 Å². The van der Waals surface area contributed by atoms with Crippen molar-refractivity contribution in [2.24, 2.45) is 0 Å². The van der Waals surface area contributed by atoms with Crippen LogP contribution in [0.15, 0.2) is 24.3 Å². The van der Waals surface area contributed by atoms with Crippen LogP contribution < -0.4 is 5.32 Å². The average Bonchev–Trinajstić information content (AvgIpc) is 2.20. The molecule has 1 atom stereocenters. The number of carbonyl (C=O) groups is 2. The summed E-state index contributed by atoms with van der Waals surface area (Å²) in [6.07, 6.45) is 0. The van der Waals surface area contributed by atoms with Gasteiger partial charge in [0.05, 0.1) is 5.25 Å². The van der Waals surface area contributed by atoms with Gasteiger partial charge in [-0.25, -0.2) is 0 Å². The molecule has 1 aromatic carbocycles. The van der Waals surface area contributed by atoms with Crippen LogP contribution in [-0.4, -0.2) is 16.3 Å². The molecule has 0 saturated carbocycles. The zero-order valence-electron chi connectivity index (χ0n) is 9.61. The van der Waals surface area contributed by atoms with Gasteiger partial charge in [-0.3, -0.25) is 9.59 Å². The van der Waals surface area contributed by atoms with Crippen LogP contribution in [0.1, 0.15) is 19.4 Å². The zero-order chi connectivity index (χ0) is 12.1. The first-order chi connectivity index (χ1) is 7.49. The fourth-order valence-corrected chi connectivity index (χ4v) is 1.85. The molecule has 0 aromatic heterocycles. The largest absolute Gasteiger partial charge is 0.325 e. The van der Waals surface area contributed by atoms with Crippen molar-refractivity contribution in [2.45, 2.75) is 26.0 Å². The van der Waals surface area contributed by atoms with E-state index < -0.39 is 0 Å². The Hall–Kier alpha value is -1.29. The molecule has 0 saturated heterocycles. The second-order valence-corrected chi connectivity index (χ2v) is 5.12. The lowest BCUT2D eigenvalue weighted by Gasteiger charge is -2.10. The molecule has 0 spiro atoms. The molecule has 16 heavy (non-hydrogen) atoms. The van der Waals surface area contributed by atoms with E-state index >= 15 is 0 Å². The first-order valence-corrected chi connectivity index (χ1v) is 5.92. The predicted molar refractivity (Wildman–Crippen MR) is 67.5 cm³/mol. The molecule has 0 heterocycles. The molecule has 0 bridgehead atoms. The lowest BCUT2D eigenvalue weighted by Crippen LogP contribution is -2.23. The molecule has 0 aliphatic heterocycles. The number of aryl methyl sites for hydroxylation is 1. The van der Waals surface area contributed by atoms with Gasteiger partial charge in [-0.05, 0) is 26.0 Å². The molecule has 1 rings (SSSR count). The van der Waals surface area contributed by atoms with E-state index in [0.717, 1.165) is 23.0 Å². The zero-order valence-corrected chi connectivity index (χ0v) is 10.4. The Morgan fingerprint density at radius 1 is 1.25 bits per heavy atom. The van der Waals surface area contributed by atoms with Crippen molar-refractivity contribution in [3.63, 3.8) is 0 Å². The smallest absolute Gasteiger partial charge is 0.237 e. The van der Waals surface area contributed by atoms with E-state index in [4.69, 9.17) is 0 Å². The summed E-state index contributed by atoms with van der Waals surface area (Å²) in [7, 11) is 0. The fraction of sp³-hybridized carbons (Fsp3) is 0.333. The third-order valence-electron chi connectivity index (χ3n) is 2.03. The molecule has 0 radical (unpaired) electrons. The minimum atomic E-state index is -0.362. The minimum Gasteiger partial charge on any atom is -0.325 e. The van der Waals surface area contributed by atoms with E-state index in [2.05, 4.69) is 5.32 Å². The normalized spacial score (nSPS) is 11.9. The van der Waals surface area contributed by atoms with Gasteiger partial charge in [-0.15, -0.1) is 0 Å². The highest BCUT2D eigenvalue weighted by Crippen LogP contribution is 2.15. The van der Waals surface area contributed by atoms with Gasteiger partial charge in [0, 0.05) is 12.6 Å². The summed E-state index contributed by atoms with van der Waals surface area (Å²) in [6, 6.07) is 7.55. The SMILES string of the molecule is CC(=O)SC(C)C(=O)Nc1ccc(C)cc1. The third kappa shape index (κ3) is 4.06. The summed E-state index contributed by atoms with van der Waals surface area (Å²) >= 11 is 1.03. The molecule has 4 heteroatoms. The predicted octanol–water partition coefficient (Wildman–Crippen LogP) is 2.60. The van der Waals surface area contributed by atoms with Gasteiger partial charge < -0.3 is 5.32 Å². The summed E-state index contributed by atoms with van der Waals surface area (Å²) in [6.45, 7) is 5.16. The Balaban J connectivity index is 2.57. The maximum Gasteiger partial charge on any atom is 0.237 e. The second kappa shape index (κ2) is 5.70. The van der Waals surface area contributed by atoms with Gasteiger partial charge >= 0.3 is 0 Å². The van der Waals surface area contributed by atoms with Crippen molar-refractivity contribution >= 4 is 28.5 Å². The molecular formula is C12H15NO2S. The van der Waals surface area contributed by atoms with Gasteiger partial charge in [0.1, 0.15) is 0 Å². The summed E-state index contributed by atoms with van der Waals surface area (Å²) in [5.41, 5.74) is 1.90. The topological polar surface area (TPSA) is 46.2 Å². The highest BCUT2D eigenvalue weighted by Gasteiger charge is 2.15. The lowest BCUT2D eigenvalue weighted by atomic mass is 10.2. The number of thioether (sulfide) groups is 1. The van der Waals surface area contributed by atoms with Gasteiger partial charge in [-0.2, -0.15) is 0 Å². The van der Waals surface area contributed by atoms with Crippen molar-refractivity contribution in [3.8, 4) is 0 Å². The van der Waals surface area contributed by atoms with E-state index in [0.29, 0.717) is 0 Å². The fourth-order valence-electron chi connectivity index (χ4n) is 1.18. The second-order valence-electron chi connectivity index (χ2n) is 3.61. The van der Waals surface area contributed by atoms with E-state index in [-0.39, 0.29) is 16.3 Å². The van der Waals surface area contributed by atoms with Crippen molar-refractivity contribution in [1.29, 1.82) is 0 Å². The summed E-state index contributed by atoms with van der Waals surface area (Å²) in [4.78, 5) is 22.5. The number of benzene rings is 1. The molecule has 1 aromatic rings. The van der Waals surface area contributed by atoms with Crippen molar-refractivity contribution < 1.29 is 9.59 Å². The average molecular weight is 237 g/mol. The van der Waals surface area contributed by atoms with Gasteiger partial charge in [0.15, 0.2) is 5.12 Å². The number of rotatable bonds is 3. The molecular weight excluding hydrogens is 222 g/mol. The molecule has 1 amide bonds. The van der Waals surface area contributed by atoms with Gasteiger partial charge in [-0.1, -0.05) is 29.5 Å². The Morgan fingerprint density at radius 2 is 1.81 bits per heavy atom. The van der Waals surface area contributed by atoms with Gasteiger partial charge in [0.2, 0.25) is 5.91 Å². The van der Waals surface area contributed by atoms with Crippen molar-refractivity contribution in [3.05, 3.63) is 29.8 Å². The van der Waals surface area contributed by atoms with E-state index in [9.17, 15) is 9.59 Å². The van der Waals surface area contributed by atoms with E-state index in [1.807, 2.05) is 31.2 Å². The highest BCUT2D eigenvalue weighted by molar-refractivity contribution is 8.14. The summed E-state index contributed by atoms with van der Waals surface area (Å²) < 4.78 is 0. The van der Waals surface area contributed by atoms with Crippen LogP contribution in [0, 0.1) is 6.92 Å². The number of nitrogens with one attached hydrogen (secondary N) is 1. The molecule has 1 unspecified atom stereocenters. The minimum absolute atomic E-state index is 0.0495. The molecule has 0 fully saturated rings. The molecule has 86 valence electrons. The lowest BCUT2D eigenvalue weighted by molar-refractivity contribution is -0.116. The third-order valence-corrected chi connectivity index (χ3v) is 2.93. The number of hydrogen-bond donors (Lipinski definition) is 1.